The van der Waals surface area contributed by atoms with Gasteiger partial charge in [-0.15, -0.1) is 0 Å². The minimum atomic E-state index is -0.637. The van der Waals surface area contributed by atoms with E-state index in [0.717, 1.165) is 23.1 Å². The van der Waals surface area contributed by atoms with Crippen LogP contribution in [0.15, 0.2) is 65.7 Å². The highest BCUT2D eigenvalue weighted by molar-refractivity contribution is 5.78. The molecule has 3 N–H and O–H groups in total. The third kappa shape index (κ3) is 4.86. The normalized spacial score (nSPS) is 12.8. The number of nitrogens with zero attached hydrogens (tertiary/aromatic N) is 2. The van der Waals surface area contributed by atoms with Gasteiger partial charge in [-0.05, 0) is 30.2 Å². The Labute approximate surface area is 175 Å². The molecule has 0 aliphatic heterocycles. The zero-order valence-corrected chi connectivity index (χ0v) is 17.3. The van der Waals surface area contributed by atoms with Gasteiger partial charge in [0.25, 0.3) is 5.56 Å². The van der Waals surface area contributed by atoms with E-state index in [4.69, 9.17) is 0 Å². The second-order valence-corrected chi connectivity index (χ2v) is 7.41. The van der Waals surface area contributed by atoms with Crippen LogP contribution in [0.3, 0.4) is 0 Å². The van der Waals surface area contributed by atoms with E-state index in [0.29, 0.717) is 0 Å². The topological polar surface area (TPSA) is 98.3 Å². The van der Waals surface area contributed by atoms with Crippen molar-refractivity contribution in [2.45, 2.75) is 25.3 Å². The van der Waals surface area contributed by atoms with E-state index >= 15 is 0 Å². The van der Waals surface area contributed by atoms with Gasteiger partial charge in [0.2, 0.25) is 11.8 Å². The first-order chi connectivity index (χ1) is 14.4. The molecule has 1 amide bonds. The van der Waals surface area contributed by atoms with Crippen LogP contribution >= 0.6 is 0 Å². The van der Waals surface area contributed by atoms with Crippen LogP contribution in [0.25, 0.3) is 0 Å². The van der Waals surface area contributed by atoms with Gasteiger partial charge in [0, 0.05) is 32.1 Å². The molecule has 2 aromatic carbocycles. The summed E-state index contributed by atoms with van der Waals surface area (Å²) in [7, 11) is 3.87. The van der Waals surface area contributed by atoms with Crippen molar-refractivity contribution in [3.05, 3.63) is 88.0 Å². The molecule has 156 valence electrons. The average Bonchev–Trinajstić information content (AvgIpc) is 2.73. The molecule has 0 aliphatic rings. The molecule has 7 heteroatoms. The van der Waals surface area contributed by atoms with Crippen LogP contribution in [0.5, 0.6) is 5.88 Å². The first kappa shape index (κ1) is 21.1. The van der Waals surface area contributed by atoms with E-state index in [2.05, 4.69) is 15.3 Å². The first-order valence-electron chi connectivity index (χ1n) is 9.75. The van der Waals surface area contributed by atoms with E-state index < -0.39 is 11.5 Å². The predicted octanol–water partition coefficient (Wildman–Crippen LogP) is 2.94. The van der Waals surface area contributed by atoms with Crippen molar-refractivity contribution in [2.75, 3.05) is 19.0 Å². The smallest absolute Gasteiger partial charge is 0.258 e. The fourth-order valence-corrected chi connectivity index (χ4v) is 3.42. The lowest BCUT2D eigenvalue weighted by Gasteiger charge is -2.21. The number of aromatic nitrogens is 2. The Kier molecular flexibility index (Phi) is 6.51. The molecule has 0 spiro atoms. The minimum Gasteiger partial charge on any atom is -0.493 e. The number of H-pyrrole nitrogens is 1. The maximum Gasteiger partial charge on any atom is 0.258 e. The molecule has 3 rings (SSSR count). The van der Waals surface area contributed by atoms with Crippen LogP contribution in [0, 0.1) is 0 Å². The quantitative estimate of drug-likeness (QED) is 0.560. The lowest BCUT2D eigenvalue weighted by Crippen LogP contribution is -2.29. The van der Waals surface area contributed by atoms with Gasteiger partial charge in [-0.2, -0.15) is 0 Å². The lowest BCUT2D eigenvalue weighted by molar-refractivity contribution is -0.121. The summed E-state index contributed by atoms with van der Waals surface area (Å²) in [5.41, 5.74) is 2.34. The number of amides is 1. The van der Waals surface area contributed by atoms with Gasteiger partial charge in [0.1, 0.15) is 0 Å². The molecular formula is C23H26N4O3. The average molecular weight is 406 g/mol. The molecule has 0 saturated carbocycles. The molecular weight excluding hydrogens is 380 g/mol. The number of benzene rings is 2. The number of carbonyl (C=O) groups excluding carboxylic acids is 1. The standard InChI is InChI=1S/C23H26N4O3/c1-15(16-7-5-4-6-8-16)26-20(28)13-19(21-22(29)24-14-25-23(21)30)17-9-11-18(12-10-17)27(2)3/h4-12,14-15,19H,13H2,1-3H3,(H,26,28)(H2,24,25,29,30)/t15-,19?/m0/s1. The second kappa shape index (κ2) is 9.26. The van der Waals surface area contributed by atoms with Crippen molar-refractivity contribution in [3.8, 4) is 5.88 Å². The van der Waals surface area contributed by atoms with Crippen LogP contribution < -0.4 is 15.8 Å². The molecule has 0 aliphatic carbocycles. The molecule has 0 bridgehead atoms. The van der Waals surface area contributed by atoms with Crippen LogP contribution in [0.1, 0.15) is 42.0 Å². The number of anilines is 1. The van der Waals surface area contributed by atoms with E-state index in [-0.39, 0.29) is 29.8 Å². The van der Waals surface area contributed by atoms with Gasteiger partial charge in [-0.1, -0.05) is 42.5 Å². The van der Waals surface area contributed by atoms with Gasteiger partial charge < -0.3 is 20.3 Å². The number of aromatic hydroxyl groups is 1. The van der Waals surface area contributed by atoms with Crippen molar-refractivity contribution in [1.82, 2.24) is 15.3 Å². The van der Waals surface area contributed by atoms with Gasteiger partial charge in [-0.3, -0.25) is 9.59 Å². The van der Waals surface area contributed by atoms with E-state index in [9.17, 15) is 14.7 Å². The third-order valence-electron chi connectivity index (χ3n) is 5.09. The van der Waals surface area contributed by atoms with E-state index in [1.54, 1.807) is 0 Å². The molecule has 1 aromatic heterocycles. The molecule has 0 fully saturated rings. The van der Waals surface area contributed by atoms with Gasteiger partial charge >= 0.3 is 0 Å². The molecule has 30 heavy (non-hydrogen) atoms. The summed E-state index contributed by atoms with van der Waals surface area (Å²) in [5.74, 6) is -1.23. The molecule has 7 nitrogen and oxygen atoms in total. The third-order valence-corrected chi connectivity index (χ3v) is 5.09. The first-order valence-corrected chi connectivity index (χ1v) is 9.75. The maximum absolute atomic E-state index is 12.8. The van der Waals surface area contributed by atoms with Crippen LogP contribution in [0.4, 0.5) is 5.69 Å². The largest absolute Gasteiger partial charge is 0.493 e. The van der Waals surface area contributed by atoms with E-state index in [1.165, 1.54) is 0 Å². The van der Waals surface area contributed by atoms with Crippen LogP contribution in [-0.2, 0) is 4.79 Å². The lowest BCUT2D eigenvalue weighted by atomic mass is 9.89. The number of carbonyl (C=O) groups is 1. The molecule has 1 heterocycles. The summed E-state index contributed by atoms with van der Waals surface area (Å²) >= 11 is 0. The van der Waals surface area contributed by atoms with Gasteiger partial charge in [0.15, 0.2) is 0 Å². The summed E-state index contributed by atoms with van der Waals surface area (Å²) < 4.78 is 0. The van der Waals surface area contributed by atoms with Crippen molar-refractivity contribution < 1.29 is 9.90 Å². The summed E-state index contributed by atoms with van der Waals surface area (Å²) in [6.45, 7) is 1.91. The number of nitrogens with one attached hydrogen (secondary N) is 2. The monoisotopic (exact) mass is 406 g/mol. The van der Waals surface area contributed by atoms with Crippen molar-refractivity contribution in [2.24, 2.45) is 0 Å². The van der Waals surface area contributed by atoms with Crippen molar-refractivity contribution in [3.63, 3.8) is 0 Å². The van der Waals surface area contributed by atoms with E-state index in [1.807, 2.05) is 80.5 Å². The highest BCUT2D eigenvalue weighted by Crippen LogP contribution is 2.31. The molecule has 0 radical (unpaired) electrons. The fourth-order valence-electron chi connectivity index (χ4n) is 3.42. The van der Waals surface area contributed by atoms with Crippen LogP contribution in [-0.4, -0.2) is 35.1 Å². The summed E-state index contributed by atoms with van der Waals surface area (Å²) in [6, 6.07) is 17.0. The van der Waals surface area contributed by atoms with Crippen LogP contribution in [0.2, 0.25) is 0 Å². The summed E-state index contributed by atoms with van der Waals surface area (Å²) in [5, 5.41) is 13.2. The molecule has 1 unspecified atom stereocenters. The Hall–Kier alpha value is -3.61. The van der Waals surface area contributed by atoms with Gasteiger partial charge in [0.05, 0.1) is 17.9 Å². The van der Waals surface area contributed by atoms with Crippen molar-refractivity contribution in [1.29, 1.82) is 0 Å². The zero-order valence-electron chi connectivity index (χ0n) is 17.3. The fraction of sp³-hybridized carbons (Fsp3) is 0.261. The zero-order chi connectivity index (χ0) is 21.7. The summed E-state index contributed by atoms with van der Waals surface area (Å²) in [6.07, 6.45) is 1.14. The predicted molar refractivity (Wildman–Crippen MR) is 117 cm³/mol. The Morgan fingerprint density at radius 3 is 2.37 bits per heavy atom. The van der Waals surface area contributed by atoms with Crippen molar-refractivity contribution >= 4 is 11.6 Å². The molecule has 0 saturated heterocycles. The number of aromatic amines is 1. The highest BCUT2D eigenvalue weighted by Gasteiger charge is 2.25. The Balaban J connectivity index is 1.90. The highest BCUT2D eigenvalue weighted by atomic mass is 16.3. The Bertz CT molecular complexity index is 1050. The summed E-state index contributed by atoms with van der Waals surface area (Å²) in [4.78, 5) is 33.6. The number of rotatable bonds is 7. The minimum absolute atomic E-state index is 0.000811. The SMILES string of the molecule is C[C@H](NC(=O)CC(c1ccc(N(C)C)cc1)c1c(O)nc[nH]c1=O)c1ccccc1. The van der Waals surface area contributed by atoms with Gasteiger partial charge in [-0.25, -0.2) is 4.98 Å². The second-order valence-electron chi connectivity index (χ2n) is 7.41. The Morgan fingerprint density at radius 2 is 1.77 bits per heavy atom. The maximum atomic E-state index is 12.8. The number of hydrogen-bond donors (Lipinski definition) is 3. The Morgan fingerprint density at radius 1 is 1.10 bits per heavy atom. The number of hydrogen-bond acceptors (Lipinski definition) is 5. The molecule has 3 aromatic rings. The molecule has 2 atom stereocenters.